The summed E-state index contributed by atoms with van der Waals surface area (Å²) in [7, 11) is 0. The maximum atomic E-state index is 9.54. The fourth-order valence-corrected chi connectivity index (χ4v) is 2.61. The molecule has 0 spiro atoms. The number of benzene rings is 1. The van der Waals surface area contributed by atoms with E-state index in [2.05, 4.69) is 42.5 Å². The van der Waals surface area contributed by atoms with Crippen LogP contribution in [0, 0.1) is 0 Å². The van der Waals surface area contributed by atoms with Crippen molar-refractivity contribution < 1.29 is 5.11 Å². The molecule has 16 heavy (non-hydrogen) atoms. The second kappa shape index (κ2) is 5.84. The first-order valence-electron chi connectivity index (χ1n) is 4.65. The molecule has 0 radical (unpaired) electrons. The van der Waals surface area contributed by atoms with Crippen molar-refractivity contribution in [3.63, 3.8) is 0 Å². The molecule has 0 aliphatic heterocycles. The molecule has 0 saturated carbocycles. The quantitative estimate of drug-likeness (QED) is 0.551. The van der Waals surface area contributed by atoms with Gasteiger partial charge in [-0.1, -0.05) is 0 Å². The van der Waals surface area contributed by atoms with Crippen LogP contribution in [0.3, 0.4) is 0 Å². The summed E-state index contributed by atoms with van der Waals surface area (Å²) < 4.78 is 1.22. The Hall–Kier alpha value is -0.330. The van der Waals surface area contributed by atoms with Gasteiger partial charge in [-0.2, -0.15) is 0 Å². The minimum atomic E-state index is 0.174. The SMILES string of the molecule is CC(C)NC(=S)Nc1cc(Br)c(O)c(Br)c1. The maximum absolute atomic E-state index is 9.54. The average molecular weight is 368 g/mol. The topological polar surface area (TPSA) is 44.3 Å². The van der Waals surface area contributed by atoms with Crippen molar-refractivity contribution in [3.05, 3.63) is 21.1 Å². The van der Waals surface area contributed by atoms with Crippen molar-refractivity contribution in [3.8, 4) is 5.75 Å². The Balaban J connectivity index is 2.79. The fourth-order valence-electron chi connectivity index (χ4n) is 1.07. The molecule has 0 heterocycles. The molecule has 88 valence electrons. The van der Waals surface area contributed by atoms with Gasteiger partial charge >= 0.3 is 0 Å². The van der Waals surface area contributed by atoms with Crippen LogP contribution in [0.2, 0.25) is 0 Å². The highest BCUT2D eigenvalue weighted by molar-refractivity contribution is 9.11. The van der Waals surface area contributed by atoms with Crippen LogP contribution in [0.15, 0.2) is 21.1 Å². The van der Waals surface area contributed by atoms with Gasteiger partial charge in [0.2, 0.25) is 0 Å². The van der Waals surface area contributed by atoms with E-state index in [-0.39, 0.29) is 11.8 Å². The number of hydrogen-bond acceptors (Lipinski definition) is 2. The van der Waals surface area contributed by atoms with Gasteiger partial charge in [-0.25, -0.2) is 0 Å². The Labute approximate surface area is 117 Å². The number of nitrogens with one attached hydrogen (secondary N) is 2. The summed E-state index contributed by atoms with van der Waals surface area (Å²) in [5.41, 5.74) is 0.801. The maximum Gasteiger partial charge on any atom is 0.170 e. The molecule has 1 aromatic carbocycles. The number of hydrogen-bond donors (Lipinski definition) is 3. The third-order valence-corrected chi connectivity index (χ3v) is 3.12. The summed E-state index contributed by atoms with van der Waals surface area (Å²) in [6.07, 6.45) is 0. The van der Waals surface area contributed by atoms with E-state index in [1.165, 1.54) is 0 Å². The van der Waals surface area contributed by atoms with Crippen LogP contribution in [0.5, 0.6) is 5.75 Å². The molecule has 0 amide bonds. The summed E-state index contributed by atoms with van der Waals surface area (Å²) in [5, 5.41) is 16.2. The van der Waals surface area contributed by atoms with Gasteiger partial charge in [-0.05, 0) is 70.1 Å². The number of anilines is 1. The molecular weight excluding hydrogens is 356 g/mol. The molecule has 1 rings (SSSR count). The molecule has 0 atom stereocenters. The standard InChI is InChI=1S/C10H12Br2N2OS/c1-5(2)13-10(16)14-6-3-7(11)9(15)8(12)4-6/h3-5,15H,1-2H3,(H2,13,14,16). The number of thiocarbonyl (C=S) groups is 1. The van der Waals surface area contributed by atoms with Gasteiger partial charge < -0.3 is 15.7 Å². The van der Waals surface area contributed by atoms with Gasteiger partial charge in [0.05, 0.1) is 8.95 Å². The van der Waals surface area contributed by atoms with E-state index in [1.807, 2.05) is 13.8 Å². The van der Waals surface area contributed by atoms with E-state index in [0.717, 1.165) is 5.69 Å². The van der Waals surface area contributed by atoms with Crippen molar-refractivity contribution in [2.24, 2.45) is 0 Å². The van der Waals surface area contributed by atoms with E-state index in [9.17, 15) is 5.11 Å². The first kappa shape index (κ1) is 13.7. The summed E-state index contributed by atoms with van der Waals surface area (Å²) in [4.78, 5) is 0. The van der Waals surface area contributed by atoms with Gasteiger partial charge in [-0.3, -0.25) is 0 Å². The lowest BCUT2D eigenvalue weighted by atomic mass is 10.3. The zero-order valence-corrected chi connectivity index (χ0v) is 12.8. The molecule has 0 aliphatic rings. The van der Waals surface area contributed by atoms with Gasteiger partial charge in [0.1, 0.15) is 5.75 Å². The van der Waals surface area contributed by atoms with Crippen LogP contribution in [0.25, 0.3) is 0 Å². The lowest BCUT2D eigenvalue weighted by Crippen LogP contribution is -2.33. The second-order valence-corrected chi connectivity index (χ2v) is 5.66. The van der Waals surface area contributed by atoms with Crippen LogP contribution in [-0.2, 0) is 0 Å². The Morgan fingerprint density at radius 3 is 2.25 bits per heavy atom. The van der Waals surface area contributed by atoms with Crippen LogP contribution in [-0.4, -0.2) is 16.3 Å². The number of rotatable bonds is 2. The van der Waals surface area contributed by atoms with E-state index in [0.29, 0.717) is 14.1 Å². The number of halogens is 2. The molecule has 0 aliphatic carbocycles. The van der Waals surface area contributed by atoms with Gasteiger partial charge in [0.15, 0.2) is 5.11 Å². The van der Waals surface area contributed by atoms with E-state index < -0.39 is 0 Å². The first-order chi connectivity index (χ1) is 7.40. The predicted octanol–water partition coefficient (Wildman–Crippen LogP) is 3.61. The number of phenols is 1. The Morgan fingerprint density at radius 2 is 1.81 bits per heavy atom. The highest BCUT2D eigenvalue weighted by atomic mass is 79.9. The van der Waals surface area contributed by atoms with E-state index in [1.54, 1.807) is 12.1 Å². The highest BCUT2D eigenvalue weighted by Gasteiger charge is 2.07. The minimum Gasteiger partial charge on any atom is -0.506 e. The molecular formula is C10H12Br2N2OS. The monoisotopic (exact) mass is 366 g/mol. The largest absolute Gasteiger partial charge is 0.506 e. The molecule has 0 saturated heterocycles. The lowest BCUT2D eigenvalue weighted by molar-refractivity contribution is 0.468. The molecule has 0 bridgehead atoms. The van der Waals surface area contributed by atoms with Crippen molar-refractivity contribution in [2.75, 3.05) is 5.32 Å². The lowest BCUT2D eigenvalue weighted by Gasteiger charge is -2.14. The summed E-state index contributed by atoms with van der Waals surface area (Å²) in [6, 6.07) is 3.80. The molecule has 6 heteroatoms. The zero-order chi connectivity index (χ0) is 12.3. The molecule has 1 aromatic rings. The summed E-state index contributed by atoms with van der Waals surface area (Å²) in [5.74, 6) is 0.174. The van der Waals surface area contributed by atoms with Crippen LogP contribution in [0.1, 0.15) is 13.8 Å². The highest BCUT2D eigenvalue weighted by Crippen LogP contribution is 2.35. The van der Waals surface area contributed by atoms with Crippen LogP contribution < -0.4 is 10.6 Å². The molecule has 3 nitrogen and oxygen atoms in total. The van der Waals surface area contributed by atoms with Crippen molar-refractivity contribution in [1.29, 1.82) is 0 Å². The van der Waals surface area contributed by atoms with Gasteiger partial charge in [-0.15, -0.1) is 0 Å². The first-order valence-corrected chi connectivity index (χ1v) is 6.65. The molecule has 0 fully saturated rings. The third kappa shape index (κ3) is 3.92. The van der Waals surface area contributed by atoms with E-state index in [4.69, 9.17) is 12.2 Å². The zero-order valence-electron chi connectivity index (χ0n) is 8.84. The molecule has 3 N–H and O–H groups in total. The fraction of sp³-hybridized carbons (Fsp3) is 0.300. The third-order valence-electron chi connectivity index (χ3n) is 1.69. The van der Waals surface area contributed by atoms with Crippen LogP contribution in [0.4, 0.5) is 5.69 Å². The van der Waals surface area contributed by atoms with Crippen molar-refractivity contribution in [2.45, 2.75) is 19.9 Å². The summed E-state index contributed by atoms with van der Waals surface area (Å²) >= 11 is 11.6. The summed E-state index contributed by atoms with van der Waals surface area (Å²) in [6.45, 7) is 4.02. The predicted molar refractivity (Wildman–Crippen MR) is 78.0 cm³/mol. The van der Waals surface area contributed by atoms with Crippen molar-refractivity contribution >= 4 is 54.9 Å². The Morgan fingerprint density at radius 1 is 1.31 bits per heavy atom. The second-order valence-electron chi connectivity index (χ2n) is 3.54. The Kier molecular flexibility index (Phi) is 5.01. The Bertz CT molecular complexity index is 387. The number of phenolic OH excluding ortho intramolecular Hbond substituents is 1. The van der Waals surface area contributed by atoms with E-state index >= 15 is 0 Å². The normalized spacial score (nSPS) is 10.3. The molecule has 0 unspecified atom stereocenters. The number of aromatic hydroxyl groups is 1. The van der Waals surface area contributed by atoms with Crippen LogP contribution >= 0.6 is 44.1 Å². The average Bonchev–Trinajstić information content (AvgIpc) is 2.12. The van der Waals surface area contributed by atoms with Gasteiger partial charge in [0.25, 0.3) is 0 Å². The van der Waals surface area contributed by atoms with Gasteiger partial charge in [0, 0.05) is 11.7 Å². The minimum absolute atomic E-state index is 0.174. The smallest absolute Gasteiger partial charge is 0.170 e. The molecule has 0 aromatic heterocycles. The van der Waals surface area contributed by atoms with Crippen molar-refractivity contribution in [1.82, 2.24) is 5.32 Å².